The Morgan fingerprint density at radius 2 is 1.71 bits per heavy atom. The number of carbonyl (C=O) groups is 2. The number of nitrogens with two attached hydrogens (primary N) is 2. The van der Waals surface area contributed by atoms with E-state index in [0.717, 1.165) is 17.4 Å². The van der Waals surface area contributed by atoms with Gasteiger partial charge in [0, 0.05) is 17.4 Å². The fourth-order valence-corrected chi connectivity index (χ4v) is 2.93. The van der Waals surface area contributed by atoms with Crippen LogP contribution in [0.5, 0.6) is 0 Å². The fraction of sp³-hybridized carbons (Fsp3) is 0.0769. The molecule has 0 saturated carbocycles. The van der Waals surface area contributed by atoms with Crippen molar-refractivity contribution in [1.82, 2.24) is 0 Å². The van der Waals surface area contributed by atoms with Crippen LogP contribution in [0.25, 0.3) is 0 Å². The molecule has 2 rings (SSSR count). The summed E-state index contributed by atoms with van der Waals surface area (Å²) in [6.45, 7) is 0. The first-order valence-electron chi connectivity index (χ1n) is 5.79. The lowest BCUT2D eigenvalue weighted by Crippen LogP contribution is -2.21. The van der Waals surface area contributed by atoms with Gasteiger partial charge in [0.25, 0.3) is 5.91 Å². The summed E-state index contributed by atoms with van der Waals surface area (Å²) in [4.78, 5) is 22.8. The van der Waals surface area contributed by atoms with Gasteiger partial charge in [0.2, 0.25) is 0 Å². The Hall–Kier alpha value is -2.48. The Labute approximate surface area is 122 Å². The molecule has 0 aliphatic heterocycles. The second kappa shape index (κ2) is 5.88. The van der Waals surface area contributed by atoms with Gasteiger partial charge < -0.3 is 11.5 Å². The molecule has 110 valence electrons. The van der Waals surface area contributed by atoms with Crippen molar-refractivity contribution in [2.24, 2.45) is 11.5 Å². The van der Waals surface area contributed by atoms with E-state index >= 15 is 0 Å². The molecular formula is C13H11F2N3O2S. The highest BCUT2D eigenvalue weighted by Gasteiger charge is 2.15. The van der Waals surface area contributed by atoms with Gasteiger partial charge in [-0.2, -0.15) is 0 Å². The molecule has 0 unspecified atom stereocenters. The summed E-state index contributed by atoms with van der Waals surface area (Å²) in [5.41, 5.74) is 10.7. The van der Waals surface area contributed by atoms with Crippen LogP contribution in [-0.2, 0) is 6.42 Å². The van der Waals surface area contributed by atoms with Crippen molar-refractivity contribution in [2.45, 2.75) is 6.42 Å². The number of anilines is 1. The molecule has 2 aromatic rings. The zero-order valence-corrected chi connectivity index (χ0v) is 11.5. The Morgan fingerprint density at radius 3 is 2.24 bits per heavy atom. The molecule has 0 bridgehead atoms. The lowest BCUT2D eigenvalue weighted by Gasteiger charge is -2.00. The summed E-state index contributed by atoms with van der Waals surface area (Å²) < 4.78 is 26.3. The predicted octanol–water partition coefficient (Wildman–Crippen LogP) is 2.21. The second-order valence-corrected chi connectivity index (χ2v) is 5.40. The number of hydrogen-bond acceptors (Lipinski definition) is 3. The molecule has 5 N–H and O–H groups in total. The molecule has 0 radical (unpaired) electrons. The third kappa shape index (κ3) is 3.76. The normalized spacial score (nSPS) is 10.4. The SMILES string of the molecule is NC(=O)Nc1sc(Cc2cc(F)cc(F)c2)cc1C(N)=O. The quantitative estimate of drug-likeness (QED) is 0.806. The van der Waals surface area contributed by atoms with E-state index in [-0.39, 0.29) is 17.0 Å². The monoisotopic (exact) mass is 311 g/mol. The maximum atomic E-state index is 13.1. The molecule has 0 saturated heterocycles. The van der Waals surface area contributed by atoms with Gasteiger partial charge in [-0.05, 0) is 23.8 Å². The van der Waals surface area contributed by atoms with E-state index in [1.165, 1.54) is 18.2 Å². The highest BCUT2D eigenvalue weighted by Crippen LogP contribution is 2.29. The average molecular weight is 311 g/mol. The zero-order chi connectivity index (χ0) is 15.6. The predicted molar refractivity (Wildman–Crippen MR) is 75.2 cm³/mol. The van der Waals surface area contributed by atoms with Crippen LogP contribution in [0.3, 0.4) is 0 Å². The maximum absolute atomic E-state index is 13.1. The van der Waals surface area contributed by atoms with E-state index in [1.807, 2.05) is 0 Å². The van der Waals surface area contributed by atoms with Gasteiger partial charge in [-0.1, -0.05) is 0 Å². The summed E-state index contributed by atoms with van der Waals surface area (Å²) in [5.74, 6) is -2.11. The summed E-state index contributed by atoms with van der Waals surface area (Å²) in [6.07, 6.45) is 0.195. The molecule has 1 heterocycles. The average Bonchev–Trinajstić information content (AvgIpc) is 2.69. The number of urea groups is 1. The summed E-state index contributed by atoms with van der Waals surface area (Å²) in [5, 5.41) is 2.50. The fourth-order valence-electron chi connectivity index (χ4n) is 1.83. The Bertz CT molecular complexity index is 695. The molecular weight excluding hydrogens is 300 g/mol. The van der Waals surface area contributed by atoms with E-state index in [4.69, 9.17) is 11.5 Å². The molecule has 1 aromatic heterocycles. The first kappa shape index (κ1) is 14.9. The molecule has 8 heteroatoms. The van der Waals surface area contributed by atoms with Crippen molar-refractivity contribution in [3.63, 3.8) is 0 Å². The van der Waals surface area contributed by atoms with Gasteiger partial charge in [0.1, 0.15) is 16.6 Å². The molecule has 3 amide bonds. The number of hydrogen-bond donors (Lipinski definition) is 3. The summed E-state index contributed by atoms with van der Waals surface area (Å²) in [7, 11) is 0. The number of primary amides is 2. The standard InChI is InChI=1S/C13H11F2N3O2S/c14-7-1-6(2-8(15)4-7)3-9-5-10(11(16)19)12(21-9)18-13(17)20/h1-2,4-5H,3H2,(H2,16,19)(H3,17,18,20). The van der Waals surface area contributed by atoms with Crippen molar-refractivity contribution < 1.29 is 18.4 Å². The Morgan fingerprint density at radius 1 is 1.10 bits per heavy atom. The van der Waals surface area contributed by atoms with Gasteiger partial charge in [-0.3, -0.25) is 10.1 Å². The van der Waals surface area contributed by atoms with Gasteiger partial charge in [-0.15, -0.1) is 11.3 Å². The largest absolute Gasteiger partial charge is 0.366 e. The van der Waals surface area contributed by atoms with Gasteiger partial charge in [-0.25, -0.2) is 13.6 Å². The van der Waals surface area contributed by atoms with Crippen molar-refractivity contribution in [3.8, 4) is 0 Å². The minimum Gasteiger partial charge on any atom is -0.366 e. The maximum Gasteiger partial charge on any atom is 0.317 e. The van der Waals surface area contributed by atoms with E-state index in [2.05, 4.69) is 5.32 Å². The number of thiophene rings is 1. The van der Waals surface area contributed by atoms with Crippen LogP contribution in [0.4, 0.5) is 18.6 Å². The van der Waals surface area contributed by atoms with Crippen LogP contribution in [0.1, 0.15) is 20.8 Å². The summed E-state index contributed by atoms with van der Waals surface area (Å²) >= 11 is 1.07. The first-order valence-corrected chi connectivity index (χ1v) is 6.60. The van der Waals surface area contributed by atoms with Crippen LogP contribution >= 0.6 is 11.3 Å². The van der Waals surface area contributed by atoms with Crippen molar-refractivity contribution in [2.75, 3.05) is 5.32 Å². The van der Waals surface area contributed by atoms with Gasteiger partial charge in [0.05, 0.1) is 5.56 Å². The van der Waals surface area contributed by atoms with Crippen LogP contribution in [0.2, 0.25) is 0 Å². The molecule has 0 fully saturated rings. The molecule has 5 nitrogen and oxygen atoms in total. The van der Waals surface area contributed by atoms with Gasteiger partial charge >= 0.3 is 6.03 Å². The smallest absolute Gasteiger partial charge is 0.317 e. The highest BCUT2D eigenvalue weighted by molar-refractivity contribution is 7.16. The van der Waals surface area contributed by atoms with Crippen molar-refractivity contribution in [3.05, 3.63) is 51.9 Å². The van der Waals surface area contributed by atoms with E-state index < -0.39 is 23.6 Å². The lowest BCUT2D eigenvalue weighted by atomic mass is 10.1. The molecule has 0 aliphatic rings. The number of amides is 3. The number of benzene rings is 1. The minimum atomic E-state index is -0.831. The van der Waals surface area contributed by atoms with Crippen molar-refractivity contribution >= 4 is 28.3 Å². The third-order valence-electron chi connectivity index (χ3n) is 2.59. The molecule has 0 atom stereocenters. The molecule has 0 aliphatic carbocycles. The Kier molecular flexibility index (Phi) is 4.18. The number of halogens is 2. The van der Waals surface area contributed by atoms with E-state index in [9.17, 15) is 18.4 Å². The molecule has 21 heavy (non-hydrogen) atoms. The number of rotatable bonds is 4. The van der Waals surface area contributed by atoms with E-state index in [1.54, 1.807) is 0 Å². The number of carbonyl (C=O) groups excluding carboxylic acids is 2. The van der Waals surface area contributed by atoms with Crippen LogP contribution in [0, 0.1) is 11.6 Å². The van der Waals surface area contributed by atoms with Crippen LogP contribution < -0.4 is 16.8 Å². The molecule has 1 aromatic carbocycles. The number of nitrogens with one attached hydrogen (secondary N) is 1. The van der Waals surface area contributed by atoms with Gasteiger partial charge in [0.15, 0.2) is 0 Å². The zero-order valence-electron chi connectivity index (χ0n) is 10.7. The molecule has 0 spiro atoms. The van der Waals surface area contributed by atoms with E-state index in [0.29, 0.717) is 10.4 Å². The van der Waals surface area contributed by atoms with Crippen LogP contribution in [-0.4, -0.2) is 11.9 Å². The third-order valence-corrected chi connectivity index (χ3v) is 3.64. The first-order chi connectivity index (χ1) is 9.85. The van der Waals surface area contributed by atoms with Crippen molar-refractivity contribution in [1.29, 1.82) is 0 Å². The Balaban J connectivity index is 2.31. The summed E-state index contributed by atoms with van der Waals surface area (Å²) in [6, 6.07) is 3.78. The lowest BCUT2D eigenvalue weighted by molar-refractivity contribution is 0.100. The van der Waals surface area contributed by atoms with Crippen LogP contribution in [0.15, 0.2) is 24.3 Å². The minimum absolute atomic E-state index is 0.102. The topological polar surface area (TPSA) is 98.2 Å². The second-order valence-electron chi connectivity index (χ2n) is 4.26. The highest BCUT2D eigenvalue weighted by atomic mass is 32.1.